The molecule has 0 saturated carbocycles. The summed E-state index contributed by atoms with van der Waals surface area (Å²) < 4.78 is 46.3. The van der Waals surface area contributed by atoms with Crippen LogP contribution < -0.4 is 4.74 Å². The quantitative estimate of drug-likeness (QED) is 0.936. The minimum atomic E-state index is -1.28. The Morgan fingerprint density at radius 2 is 2.00 bits per heavy atom. The van der Waals surface area contributed by atoms with E-state index >= 15 is 0 Å². The van der Waals surface area contributed by atoms with Crippen LogP contribution in [0.2, 0.25) is 0 Å². The van der Waals surface area contributed by atoms with Gasteiger partial charge in [-0.25, -0.2) is 13.2 Å². The molecule has 0 radical (unpaired) electrons. The molecule has 0 bridgehead atoms. The summed E-state index contributed by atoms with van der Waals surface area (Å²) in [7, 11) is 0. The minimum Gasteiger partial charge on any atom is -0.505 e. The molecule has 3 rings (SSSR count). The Morgan fingerprint density at radius 3 is 2.75 bits per heavy atom. The Bertz CT molecular complexity index is 782. The van der Waals surface area contributed by atoms with Crippen LogP contribution in [0.5, 0.6) is 11.5 Å². The van der Waals surface area contributed by atoms with Gasteiger partial charge in [-0.05, 0) is 24.3 Å². The highest BCUT2D eigenvalue weighted by Gasteiger charge is 2.32. The number of aromatic hydroxyl groups is 1. The SMILES string of the molecule is O=C(c1c(F)ccc(O)c1F)N1CCC(Oc2cccc(F)c2)C1. The third-order valence-corrected chi connectivity index (χ3v) is 3.82. The molecule has 1 atom stereocenters. The molecule has 1 aliphatic rings. The van der Waals surface area contributed by atoms with Gasteiger partial charge in [-0.2, -0.15) is 0 Å². The van der Waals surface area contributed by atoms with Gasteiger partial charge in [-0.3, -0.25) is 4.79 Å². The number of hydrogen-bond donors (Lipinski definition) is 1. The van der Waals surface area contributed by atoms with Gasteiger partial charge in [0, 0.05) is 19.0 Å². The Labute approximate surface area is 136 Å². The normalized spacial score (nSPS) is 17.1. The molecule has 2 aromatic carbocycles. The third-order valence-electron chi connectivity index (χ3n) is 3.82. The fourth-order valence-electron chi connectivity index (χ4n) is 2.64. The summed E-state index contributed by atoms with van der Waals surface area (Å²) in [5.41, 5.74) is -0.790. The first-order valence-corrected chi connectivity index (χ1v) is 7.34. The first-order valence-electron chi connectivity index (χ1n) is 7.34. The molecule has 1 unspecified atom stereocenters. The zero-order chi connectivity index (χ0) is 17.3. The Kier molecular flexibility index (Phi) is 4.33. The molecular formula is C17H14F3NO3. The number of phenols is 1. The Hall–Kier alpha value is -2.70. The minimum absolute atomic E-state index is 0.115. The zero-order valence-corrected chi connectivity index (χ0v) is 12.5. The molecule has 1 N–H and O–H groups in total. The van der Waals surface area contributed by atoms with Gasteiger partial charge in [-0.1, -0.05) is 6.07 Å². The van der Waals surface area contributed by atoms with E-state index in [1.807, 2.05) is 0 Å². The average Bonchev–Trinajstić information content (AvgIpc) is 3.00. The van der Waals surface area contributed by atoms with Crippen molar-refractivity contribution in [1.82, 2.24) is 4.90 Å². The number of ether oxygens (including phenoxy) is 1. The van der Waals surface area contributed by atoms with Gasteiger partial charge < -0.3 is 14.7 Å². The maximum absolute atomic E-state index is 13.8. The van der Waals surface area contributed by atoms with Crippen LogP contribution >= 0.6 is 0 Å². The van der Waals surface area contributed by atoms with Crippen molar-refractivity contribution in [2.45, 2.75) is 12.5 Å². The number of likely N-dealkylation sites (tertiary alicyclic amines) is 1. The molecule has 1 amide bonds. The third kappa shape index (κ3) is 3.15. The summed E-state index contributed by atoms with van der Waals surface area (Å²) in [4.78, 5) is 13.6. The molecule has 1 fully saturated rings. The first-order chi connectivity index (χ1) is 11.5. The van der Waals surface area contributed by atoms with E-state index < -0.39 is 40.8 Å². The van der Waals surface area contributed by atoms with Crippen LogP contribution in [0.3, 0.4) is 0 Å². The van der Waals surface area contributed by atoms with Crippen molar-refractivity contribution in [3.05, 3.63) is 59.4 Å². The summed E-state index contributed by atoms with van der Waals surface area (Å²) in [5.74, 6) is -4.08. The van der Waals surface area contributed by atoms with Crippen LogP contribution in [-0.2, 0) is 0 Å². The lowest BCUT2D eigenvalue weighted by Crippen LogP contribution is -2.32. The molecule has 1 saturated heterocycles. The topological polar surface area (TPSA) is 49.8 Å². The molecule has 4 nitrogen and oxygen atoms in total. The molecule has 24 heavy (non-hydrogen) atoms. The standard InChI is InChI=1S/C17H14F3NO3/c18-10-2-1-3-11(8-10)24-12-6-7-21(9-12)17(23)15-13(19)4-5-14(22)16(15)20/h1-5,8,12,22H,6-7,9H2. The second-order valence-electron chi connectivity index (χ2n) is 5.49. The molecule has 1 heterocycles. The summed E-state index contributed by atoms with van der Waals surface area (Å²) in [6.07, 6.45) is 0.0452. The first kappa shape index (κ1) is 16.2. The van der Waals surface area contributed by atoms with Gasteiger partial charge in [0.2, 0.25) is 0 Å². The lowest BCUT2D eigenvalue weighted by Gasteiger charge is -2.18. The second kappa shape index (κ2) is 6.43. The van der Waals surface area contributed by atoms with E-state index in [4.69, 9.17) is 4.74 Å². The Morgan fingerprint density at radius 1 is 1.21 bits per heavy atom. The van der Waals surface area contributed by atoms with Crippen molar-refractivity contribution in [1.29, 1.82) is 0 Å². The van der Waals surface area contributed by atoms with Crippen molar-refractivity contribution in [3.63, 3.8) is 0 Å². The average molecular weight is 337 g/mol. The van der Waals surface area contributed by atoms with Crippen LogP contribution in [-0.4, -0.2) is 35.1 Å². The van der Waals surface area contributed by atoms with Crippen LogP contribution in [0.4, 0.5) is 13.2 Å². The zero-order valence-electron chi connectivity index (χ0n) is 12.5. The number of halogens is 3. The maximum Gasteiger partial charge on any atom is 0.260 e. The number of hydrogen-bond acceptors (Lipinski definition) is 3. The predicted octanol–water partition coefficient (Wildman–Crippen LogP) is 3.10. The summed E-state index contributed by atoms with van der Waals surface area (Å²) in [6, 6.07) is 7.27. The largest absolute Gasteiger partial charge is 0.505 e. The van der Waals surface area contributed by atoms with Gasteiger partial charge in [0.1, 0.15) is 29.1 Å². The smallest absolute Gasteiger partial charge is 0.260 e. The molecular weight excluding hydrogens is 323 g/mol. The molecule has 2 aromatic rings. The van der Waals surface area contributed by atoms with Crippen molar-refractivity contribution < 1.29 is 27.8 Å². The number of nitrogens with zero attached hydrogens (tertiary/aromatic N) is 1. The number of carbonyl (C=O) groups excluding carboxylic acids is 1. The molecule has 1 aliphatic heterocycles. The number of benzene rings is 2. The van der Waals surface area contributed by atoms with E-state index in [0.29, 0.717) is 12.2 Å². The van der Waals surface area contributed by atoms with E-state index in [1.54, 1.807) is 6.07 Å². The summed E-state index contributed by atoms with van der Waals surface area (Å²) in [6.45, 7) is 0.358. The van der Waals surface area contributed by atoms with Crippen molar-refractivity contribution >= 4 is 5.91 Å². The predicted molar refractivity (Wildman–Crippen MR) is 79.4 cm³/mol. The summed E-state index contributed by atoms with van der Waals surface area (Å²) >= 11 is 0. The van der Waals surface area contributed by atoms with E-state index in [9.17, 15) is 23.1 Å². The van der Waals surface area contributed by atoms with E-state index in [-0.39, 0.29) is 13.1 Å². The van der Waals surface area contributed by atoms with E-state index in [1.165, 1.54) is 23.1 Å². The van der Waals surface area contributed by atoms with Gasteiger partial charge >= 0.3 is 0 Å². The molecule has 0 aliphatic carbocycles. The van der Waals surface area contributed by atoms with Crippen LogP contribution in [0.1, 0.15) is 16.8 Å². The summed E-state index contributed by atoms with van der Waals surface area (Å²) in [5, 5.41) is 9.32. The lowest BCUT2D eigenvalue weighted by atomic mass is 10.1. The van der Waals surface area contributed by atoms with E-state index in [2.05, 4.69) is 0 Å². The number of amides is 1. The van der Waals surface area contributed by atoms with Crippen LogP contribution in [0.25, 0.3) is 0 Å². The van der Waals surface area contributed by atoms with Crippen molar-refractivity contribution in [3.8, 4) is 11.5 Å². The van der Waals surface area contributed by atoms with Crippen LogP contribution in [0, 0.1) is 17.5 Å². The van der Waals surface area contributed by atoms with Crippen molar-refractivity contribution in [2.75, 3.05) is 13.1 Å². The Balaban J connectivity index is 1.72. The maximum atomic E-state index is 13.8. The number of carbonyl (C=O) groups is 1. The highest BCUT2D eigenvalue weighted by atomic mass is 19.1. The molecule has 0 aromatic heterocycles. The van der Waals surface area contributed by atoms with Gasteiger partial charge in [0.25, 0.3) is 5.91 Å². The fourth-order valence-corrected chi connectivity index (χ4v) is 2.64. The highest BCUT2D eigenvalue weighted by molar-refractivity contribution is 5.95. The fraction of sp³-hybridized carbons (Fsp3) is 0.235. The highest BCUT2D eigenvalue weighted by Crippen LogP contribution is 2.26. The van der Waals surface area contributed by atoms with Gasteiger partial charge in [-0.15, -0.1) is 0 Å². The number of rotatable bonds is 3. The molecule has 126 valence electrons. The van der Waals surface area contributed by atoms with Crippen LogP contribution in [0.15, 0.2) is 36.4 Å². The second-order valence-corrected chi connectivity index (χ2v) is 5.49. The molecule has 7 heteroatoms. The van der Waals surface area contributed by atoms with Gasteiger partial charge in [0.15, 0.2) is 11.6 Å². The van der Waals surface area contributed by atoms with Crippen molar-refractivity contribution in [2.24, 2.45) is 0 Å². The number of phenolic OH excluding ortho intramolecular Hbond substituents is 1. The lowest BCUT2D eigenvalue weighted by molar-refractivity contribution is 0.0761. The molecule has 0 spiro atoms. The monoisotopic (exact) mass is 337 g/mol. The van der Waals surface area contributed by atoms with Gasteiger partial charge in [0.05, 0.1) is 6.54 Å². The van der Waals surface area contributed by atoms with E-state index in [0.717, 1.165) is 12.1 Å².